The molecule has 0 spiro atoms. The summed E-state index contributed by atoms with van der Waals surface area (Å²) in [5, 5.41) is 9.70. The van der Waals surface area contributed by atoms with E-state index in [1.165, 1.54) is 23.5 Å². The first-order valence-corrected chi connectivity index (χ1v) is 9.67. The summed E-state index contributed by atoms with van der Waals surface area (Å²) in [6, 6.07) is 8.30. The summed E-state index contributed by atoms with van der Waals surface area (Å²) in [5.41, 5.74) is 2.82. The van der Waals surface area contributed by atoms with Gasteiger partial charge in [0.1, 0.15) is 10.6 Å². The first-order chi connectivity index (χ1) is 13.4. The van der Waals surface area contributed by atoms with Crippen LogP contribution in [0.5, 0.6) is 0 Å². The van der Waals surface area contributed by atoms with E-state index in [0.717, 1.165) is 27.0 Å². The van der Waals surface area contributed by atoms with E-state index in [1.54, 1.807) is 35.0 Å². The highest BCUT2D eigenvalue weighted by Crippen LogP contribution is 2.29. The molecule has 8 heteroatoms. The third-order valence-electron chi connectivity index (χ3n) is 4.59. The van der Waals surface area contributed by atoms with Gasteiger partial charge in [0.05, 0.1) is 23.3 Å². The summed E-state index contributed by atoms with van der Waals surface area (Å²) in [6.45, 7) is 2.97. The second-order valence-corrected chi connectivity index (χ2v) is 7.91. The standard InChI is InChI=1S/C20H20FN5OS/c1-13-17-8-18(19(27)24(2)10-15-9-22-25(3)11-15)28-20(17)26(23-13)12-14-4-6-16(21)7-5-14/h4-9,11H,10,12H2,1-3H3. The van der Waals surface area contributed by atoms with E-state index < -0.39 is 0 Å². The van der Waals surface area contributed by atoms with Crippen LogP contribution in [0, 0.1) is 12.7 Å². The molecular weight excluding hydrogens is 377 g/mol. The number of aromatic nitrogens is 4. The SMILES string of the molecule is Cc1nn(Cc2ccc(F)cc2)c2sc(C(=O)N(C)Cc3cnn(C)c3)cc12. The number of rotatable bonds is 5. The van der Waals surface area contributed by atoms with Gasteiger partial charge in [0.25, 0.3) is 5.91 Å². The van der Waals surface area contributed by atoms with Crippen LogP contribution in [0.1, 0.15) is 26.5 Å². The second kappa shape index (κ2) is 7.20. The smallest absolute Gasteiger partial charge is 0.264 e. The molecule has 144 valence electrons. The van der Waals surface area contributed by atoms with Crippen LogP contribution in [0.15, 0.2) is 42.7 Å². The summed E-state index contributed by atoms with van der Waals surface area (Å²) >= 11 is 1.43. The average molecular weight is 397 g/mol. The lowest BCUT2D eigenvalue weighted by Gasteiger charge is -2.14. The van der Waals surface area contributed by atoms with Crippen LogP contribution < -0.4 is 0 Å². The number of nitrogens with zero attached hydrogens (tertiary/aromatic N) is 5. The van der Waals surface area contributed by atoms with Crippen molar-refractivity contribution < 1.29 is 9.18 Å². The highest BCUT2D eigenvalue weighted by Gasteiger charge is 2.19. The van der Waals surface area contributed by atoms with Crippen molar-refractivity contribution in [3.8, 4) is 0 Å². The van der Waals surface area contributed by atoms with Gasteiger partial charge < -0.3 is 4.90 Å². The molecule has 6 nitrogen and oxygen atoms in total. The van der Waals surface area contributed by atoms with Gasteiger partial charge in [-0.05, 0) is 30.7 Å². The number of hydrogen-bond acceptors (Lipinski definition) is 4. The van der Waals surface area contributed by atoms with Crippen molar-refractivity contribution >= 4 is 27.5 Å². The summed E-state index contributed by atoms with van der Waals surface area (Å²) in [4.78, 5) is 16.2. The Balaban J connectivity index is 1.58. The van der Waals surface area contributed by atoms with E-state index in [1.807, 2.05) is 30.9 Å². The van der Waals surface area contributed by atoms with Crippen molar-refractivity contribution in [2.45, 2.75) is 20.0 Å². The molecule has 3 heterocycles. The molecule has 0 aliphatic carbocycles. The fourth-order valence-corrected chi connectivity index (χ4v) is 4.33. The first kappa shape index (κ1) is 18.4. The molecule has 3 aromatic heterocycles. The van der Waals surface area contributed by atoms with Crippen LogP contribution in [0.4, 0.5) is 4.39 Å². The van der Waals surface area contributed by atoms with Gasteiger partial charge in [-0.25, -0.2) is 4.39 Å². The Labute approximate surface area is 165 Å². The minimum absolute atomic E-state index is 0.0298. The zero-order valence-corrected chi connectivity index (χ0v) is 16.7. The molecule has 0 saturated heterocycles. The van der Waals surface area contributed by atoms with Crippen molar-refractivity contribution in [3.05, 3.63) is 70.2 Å². The fourth-order valence-electron chi connectivity index (χ4n) is 3.18. The molecule has 0 bridgehead atoms. The first-order valence-electron chi connectivity index (χ1n) is 8.85. The third-order valence-corrected chi connectivity index (χ3v) is 5.72. The number of fused-ring (bicyclic) bond motifs is 1. The number of benzene rings is 1. The maximum Gasteiger partial charge on any atom is 0.264 e. The quantitative estimate of drug-likeness (QED) is 0.517. The number of hydrogen-bond donors (Lipinski definition) is 0. The molecule has 0 saturated carbocycles. The number of carbonyl (C=O) groups excluding carboxylic acids is 1. The van der Waals surface area contributed by atoms with E-state index in [4.69, 9.17) is 0 Å². The van der Waals surface area contributed by atoms with E-state index >= 15 is 0 Å². The molecule has 28 heavy (non-hydrogen) atoms. The second-order valence-electron chi connectivity index (χ2n) is 6.88. The van der Waals surface area contributed by atoms with Crippen molar-refractivity contribution in [3.63, 3.8) is 0 Å². The zero-order chi connectivity index (χ0) is 19.8. The summed E-state index contributed by atoms with van der Waals surface area (Å²) in [7, 11) is 3.64. The number of thiophene rings is 1. The van der Waals surface area contributed by atoms with E-state index in [-0.39, 0.29) is 11.7 Å². The minimum Gasteiger partial charge on any atom is -0.337 e. The number of carbonyl (C=O) groups is 1. The minimum atomic E-state index is -0.258. The van der Waals surface area contributed by atoms with Gasteiger partial charge in [-0.2, -0.15) is 10.2 Å². The van der Waals surface area contributed by atoms with E-state index in [0.29, 0.717) is 18.0 Å². The predicted octanol–water partition coefficient (Wildman–Crippen LogP) is 3.60. The Hall–Kier alpha value is -3.00. The summed E-state index contributed by atoms with van der Waals surface area (Å²) < 4.78 is 16.7. The monoisotopic (exact) mass is 397 g/mol. The van der Waals surface area contributed by atoms with Gasteiger partial charge in [-0.3, -0.25) is 14.2 Å². The Bertz CT molecular complexity index is 1140. The largest absolute Gasteiger partial charge is 0.337 e. The molecule has 0 aliphatic rings. The lowest BCUT2D eigenvalue weighted by molar-refractivity contribution is 0.0790. The lowest BCUT2D eigenvalue weighted by atomic mass is 10.2. The van der Waals surface area contributed by atoms with Gasteiger partial charge in [-0.15, -0.1) is 11.3 Å². The van der Waals surface area contributed by atoms with Crippen LogP contribution in [0.3, 0.4) is 0 Å². The van der Waals surface area contributed by atoms with Crippen LogP contribution >= 0.6 is 11.3 Å². The third kappa shape index (κ3) is 3.55. The van der Waals surface area contributed by atoms with Crippen molar-refractivity contribution in [1.82, 2.24) is 24.5 Å². The van der Waals surface area contributed by atoms with Gasteiger partial charge >= 0.3 is 0 Å². The highest BCUT2D eigenvalue weighted by atomic mass is 32.1. The van der Waals surface area contributed by atoms with Crippen molar-refractivity contribution in [2.24, 2.45) is 7.05 Å². The van der Waals surface area contributed by atoms with Crippen LogP contribution in [-0.2, 0) is 20.1 Å². The van der Waals surface area contributed by atoms with E-state index in [9.17, 15) is 9.18 Å². The number of aryl methyl sites for hydroxylation is 2. The van der Waals surface area contributed by atoms with Gasteiger partial charge in [0.2, 0.25) is 0 Å². The Morgan fingerprint density at radius 3 is 2.68 bits per heavy atom. The molecule has 0 N–H and O–H groups in total. The molecule has 0 radical (unpaired) electrons. The van der Waals surface area contributed by atoms with E-state index in [2.05, 4.69) is 10.2 Å². The Morgan fingerprint density at radius 2 is 2.00 bits per heavy atom. The normalized spacial score (nSPS) is 11.3. The van der Waals surface area contributed by atoms with Gasteiger partial charge in [0, 0.05) is 37.8 Å². The van der Waals surface area contributed by atoms with Crippen LogP contribution in [-0.4, -0.2) is 37.4 Å². The van der Waals surface area contributed by atoms with Gasteiger partial charge in [0.15, 0.2) is 0 Å². The summed E-state index contributed by atoms with van der Waals surface area (Å²) in [6.07, 6.45) is 3.67. The molecule has 0 atom stereocenters. The molecule has 1 aromatic carbocycles. The zero-order valence-electron chi connectivity index (χ0n) is 15.9. The van der Waals surface area contributed by atoms with Crippen molar-refractivity contribution in [2.75, 3.05) is 7.05 Å². The number of halogens is 1. The molecular formula is C20H20FN5OS. The molecule has 4 aromatic rings. The Kier molecular flexibility index (Phi) is 4.72. The summed E-state index contributed by atoms with van der Waals surface area (Å²) in [5.74, 6) is -0.288. The highest BCUT2D eigenvalue weighted by molar-refractivity contribution is 7.20. The molecule has 1 amide bonds. The van der Waals surface area contributed by atoms with Crippen LogP contribution in [0.2, 0.25) is 0 Å². The molecule has 4 rings (SSSR count). The maximum atomic E-state index is 13.1. The fraction of sp³-hybridized carbons (Fsp3) is 0.250. The average Bonchev–Trinajstić information content (AvgIpc) is 3.34. The molecule has 0 unspecified atom stereocenters. The predicted molar refractivity (Wildman–Crippen MR) is 107 cm³/mol. The topological polar surface area (TPSA) is 56.0 Å². The van der Waals surface area contributed by atoms with Crippen LogP contribution in [0.25, 0.3) is 10.2 Å². The number of amides is 1. The molecule has 0 fully saturated rings. The Morgan fingerprint density at radius 1 is 1.25 bits per heavy atom. The maximum absolute atomic E-state index is 13.1. The lowest BCUT2D eigenvalue weighted by Crippen LogP contribution is -2.25. The molecule has 0 aliphatic heterocycles. The van der Waals surface area contributed by atoms with Crippen molar-refractivity contribution in [1.29, 1.82) is 0 Å². The van der Waals surface area contributed by atoms with Gasteiger partial charge in [-0.1, -0.05) is 12.1 Å².